The second-order valence-electron chi connectivity index (χ2n) is 6.12. The lowest BCUT2D eigenvalue weighted by Gasteiger charge is -2.17. The Morgan fingerprint density at radius 3 is 2.76 bits per heavy atom. The number of carbonyl (C=O) groups is 2. The van der Waals surface area contributed by atoms with E-state index in [1.165, 1.54) is 11.3 Å². The van der Waals surface area contributed by atoms with Gasteiger partial charge in [0.05, 0.1) is 6.10 Å². The molecule has 0 spiro atoms. The molecular formula is C18H21N3O3S. The first-order valence-electron chi connectivity index (χ1n) is 8.31. The molecule has 1 fully saturated rings. The fourth-order valence-corrected chi connectivity index (χ4v) is 3.38. The zero-order valence-electron chi connectivity index (χ0n) is 14.3. The van der Waals surface area contributed by atoms with Crippen molar-refractivity contribution in [1.29, 1.82) is 0 Å². The van der Waals surface area contributed by atoms with Crippen LogP contribution in [-0.2, 0) is 4.79 Å². The summed E-state index contributed by atoms with van der Waals surface area (Å²) in [7, 11) is 0. The molecule has 1 aromatic carbocycles. The van der Waals surface area contributed by atoms with Crippen molar-refractivity contribution < 1.29 is 14.3 Å². The van der Waals surface area contributed by atoms with Crippen molar-refractivity contribution in [1.82, 2.24) is 15.2 Å². The monoisotopic (exact) mass is 359 g/mol. The molecule has 0 bridgehead atoms. The largest absolute Gasteiger partial charge is 0.491 e. The molecular weight excluding hydrogens is 338 g/mol. The standard InChI is InChI=1S/C18H21N3O3S/c1-12(2)24-14-5-3-13(4-6-14)17-20-15(11-25-17)18(23)21-9-7-16(22)19-8-10-21/h3-6,11-12H,7-10H2,1-2H3,(H,19,22). The third-order valence-electron chi connectivity index (χ3n) is 3.80. The summed E-state index contributed by atoms with van der Waals surface area (Å²) < 4.78 is 5.64. The van der Waals surface area contributed by atoms with Crippen LogP contribution in [-0.4, -0.2) is 47.4 Å². The lowest BCUT2D eigenvalue weighted by Crippen LogP contribution is -2.34. The van der Waals surface area contributed by atoms with Gasteiger partial charge < -0.3 is 15.0 Å². The third-order valence-corrected chi connectivity index (χ3v) is 4.69. The molecule has 1 aliphatic heterocycles. The normalized spacial score (nSPS) is 15.0. The predicted octanol–water partition coefficient (Wildman–Crippen LogP) is 2.56. The summed E-state index contributed by atoms with van der Waals surface area (Å²) >= 11 is 1.44. The van der Waals surface area contributed by atoms with Gasteiger partial charge in [0.15, 0.2) is 0 Å². The predicted molar refractivity (Wildman–Crippen MR) is 96.8 cm³/mol. The van der Waals surface area contributed by atoms with Crippen LogP contribution in [0, 0.1) is 0 Å². The fourth-order valence-electron chi connectivity index (χ4n) is 2.58. The molecule has 0 aliphatic carbocycles. The molecule has 25 heavy (non-hydrogen) atoms. The van der Waals surface area contributed by atoms with E-state index < -0.39 is 0 Å². The number of aromatic nitrogens is 1. The van der Waals surface area contributed by atoms with Crippen molar-refractivity contribution in [3.8, 4) is 16.3 Å². The minimum Gasteiger partial charge on any atom is -0.491 e. The van der Waals surface area contributed by atoms with Crippen molar-refractivity contribution in [2.75, 3.05) is 19.6 Å². The Hall–Kier alpha value is -2.41. The van der Waals surface area contributed by atoms with E-state index in [4.69, 9.17) is 4.74 Å². The molecule has 6 nitrogen and oxygen atoms in total. The number of amides is 2. The van der Waals surface area contributed by atoms with Crippen LogP contribution in [0.3, 0.4) is 0 Å². The van der Waals surface area contributed by atoms with Gasteiger partial charge in [-0.05, 0) is 38.1 Å². The second kappa shape index (κ2) is 7.65. The molecule has 2 amide bonds. The Balaban J connectivity index is 1.71. The van der Waals surface area contributed by atoms with Crippen molar-refractivity contribution in [2.45, 2.75) is 26.4 Å². The average molecular weight is 359 g/mol. The van der Waals surface area contributed by atoms with Gasteiger partial charge in [-0.3, -0.25) is 9.59 Å². The lowest BCUT2D eigenvalue weighted by atomic mass is 10.2. The van der Waals surface area contributed by atoms with Crippen LogP contribution in [0.4, 0.5) is 0 Å². The summed E-state index contributed by atoms with van der Waals surface area (Å²) in [5.41, 5.74) is 1.38. The zero-order valence-corrected chi connectivity index (χ0v) is 15.1. The van der Waals surface area contributed by atoms with Gasteiger partial charge in [-0.2, -0.15) is 0 Å². The van der Waals surface area contributed by atoms with Gasteiger partial charge in [0.1, 0.15) is 16.5 Å². The Labute approximate surface area is 150 Å². The number of hydrogen-bond acceptors (Lipinski definition) is 5. The first-order valence-corrected chi connectivity index (χ1v) is 9.19. The van der Waals surface area contributed by atoms with Crippen LogP contribution in [0.1, 0.15) is 30.8 Å². The molecule has 2 heterocycles. The maximum absolute atomic E-state index is 12.6. The number of rotatable bonds is 4. The average Bonchev–Trinajstić information content (AvgIpc) is 2.97. The summed E-state index contributed by atoms with van der Waals surface area (Å²) in [6.45, 7) is 5.40. The highest BCUT2D eigenvalue weighted by Crippen LogP contribution is 2.26. The van der Waals surface area contributed by atoms with Gasteiger partial charge in [-0.25, -0.2) is 4.98 Å². The summed E-state index contributed by atoms with van der Waals surface area (Å²) in [5, 5.41) is 5.34. The van der Waals surface area contributed by atoms with Crippen molar-refractivity contribution in [2.24, 2.45) is 0 Å². The van der Waals surface area contributed by atoms with Crippen LogP contribution in [0.15, 0.2) is 29.6 Å². The van der Waals surface area contributed by atoms with E-state index in [-0.39, 0.29) is 17.9 Å². The second-order valence-corrected chi connectivity index (χ2v) is 6.98. The maximum Gasteiger partial charge on any atom is 0.273 e. The van der Waals surface area contributed by atoms with E-state index in [1.54, 1.807) is 10.3 Å². The van der Waals surface area contributed by atoms with Gasteiger partial charge in [0.2, 0.25) is 5.91 Å². The first kappa shape index (κ1) is 17.4. The molecule has 1 saturated heterocycles. The Morgan fingerprint density at radius 1 is 1.28 bits per heavy atom. The topological polar surface area (TPSA) is 71.5 Å². The lowest BCUT2D eigenvalue weighted by molar-refractivity contribution is -0.120. The summed E-state index contributed by atoms with van der Waals surface area (Å²) in [5.74, 6) is 0.671. The number of hydrogen-bond donors (Lipinski definition) is 1. The van der Waals surface area contributed by atoms with Crippen molar-refractivity contribution in [3.05, 3.63) is 35.3 Å². The van der Waals surface area contributed by atoms with Gasteiger partial charge >= 0.3 is 0 Å². The highest BCUT2D eigenvalue weighted by molar-refractivity contribution is 7.13. The van der Waals surface area contributed by atoms with Gasteiger partial charge in [0, 0.05) is 37.0 Å². The SMILES string of the molecule is CC(C)Oc1ccc(-c2nc(C(=O)N3CCNC(=O)CC3)cs2)cc1. The summed E-state index contributed by atoms with van der Waals surface area (Å²) in [4.78, 5) is 30.1. The first-order chi connectivity index (χ1) is 12.0. The van der Waals surface area contributed by atoms with Crippen LogP contribution in [0.5, 0.6) is 5.75 Å². The van der Waals surface area contributed by atoms with Crippen LogP contribution >= 0.6 is 11.3 Å². The van der Waals surface area contributed by atoms with Crippen molar-refractivity contribution in [3.63, 3.8) is 0 Å². The quantitative estimate of drug-likeness (QED) is 0.911. The molecule has 0 unspecified atom stereocenters. The highest BCUT2D eigenvalue weighted by Gasteiger charge is 2.22. The Kier molecular flexibility index (Phi) is 5.33. The van der Waals surface area contributed by atoms with Crippen molar-refractivity contribution >= 4 is 23.2 Å². The molecule has 0 atom stereocenters. The molecule has 0 saturated carbocycles. The molecule has 3 rings (SSSR count). The van der Waals surface area contributed by atoms with Gasteiger partial charge in [0.25, 0.3) is 5.91 Å². The minimum absolute atomic E-state index is 0.0158. The molecule has 132 valence electrons. The van der Waals surface area contributed by atoms with E-state index in [1.807, 2.05) is 38.1 Å². The number of thiazole rings is 1. The van der Waals surface area contributed by atoms with Gasteiger partial charge in [-0.1, -0.05) is 0 Å². The number of nitrogens with one attached hydrogen (secondary N) is 1. The zero-order chi connectivity index (χ0) is 17.8. The van der Waals surface area contributed by atoms with Crippen LogP contribution < -0.4 is 10.1 Å². The number of carbonyl (C=O) groups excluding carboxylic acids is 2. The molecule has 1 aromatic heterocycles. The number of ether oxygens (including phenoxy) is 1. The highest BCUT2D eigenvalue weighted by atomic mass is 32.1. The van der Waals surface area contributed by atoms with Crippen LogP contribution in [0.2, 0.25) is 0 Å². The number of benzene rings is 1. The Morgan fingerprint density at radius 2 is 2.04 bits per heavy atom. The summed E-state index contributed by atoms with van der Waals surface area (Å²) in [6.07, 6.45) is 0.463. The van der Waals surface area contributed by atoms with E-state index in [2.05, 4.69) is 10.3 Å². The van der Waals surface area contributed by atoms with E-state index in [0.29, 0.717) is 31.7 Å². The molecule has 2 aromatic rings. The smallest absolute Gasteiger partial charge is 0.273 e. The number of nitrogens with zero attached hydrogens (tertiary/aromatic N) is 2. The Bertz CT molecular complexity index is 755. The van der Waals surface area contributed by atoms with Crippen LogP contribution in [0.25, 0.3) is 10.6 Å². The molecule has 1 N–H and O–H groups in total. The van der Waals surface area contributed by atoms with E-state index in [9.17, 15) is 9.59 Å². The maximum atomic E-state index is 12.6. The summed E-state index contributed by atoms with van der Waals surface area (Å²) in [6, 6.07) is 7.70. The third kappa shape index (κ3) is 4.36. The van der Waals surface area contributed by atoms with E-state index >= 15 is 0 Å². The molecule has 0 radical (unpaired) electrons. The van der Waals surface area contributed by atoms with E-state index in [0.717, 1.165) is 16.3 Å². The minimum atomic E-state index is -0.126. The van der Waals surface area contributed by atoms with Gasteiger partial charge in [-0.15, -0.1) is 11.3 Å². The molecule has 1 aliphatic rings. The molecule has 7 heteroatoms. The fraction of sp³-hybridized carbons (Fsp3) is 0.389.